The molecule has 1 unspecified atom stereocenters. The van der Waals surface area contributed by atoms with Crippen LogP contribution in [0.15, 0.2) is 42.6 Å². The van der Waals surface area contributed by atoms with Crippen LogP contribution in [0.2, 0.25) is 0 Å². The number of anilines is 1. The molecular weight excluding hydrogens is 487 g/mol. The molecule has 1 saturated heterocycles. The van der Waals surface area contributed by atoms with Crippen LogP contribution in [0, 0.1) is 11.3 Å². The number of nitriles is 1. The fourth-order valence-corrected chi connectivity index (χ4v) is 4.95. The molecule has 192 valence electrons. The smallest absolute Gasteiger partial charge is 0.383 e. The summed E-state index contributed by atoms with van der Waals surface area (Å²) >= 11 is 0. The molecule has 0 radical (unpaired) electrons. The fourth-order valence-electron chi connectivity index (χ4n) is 4.95. The molecule has 1 fully saturated rings. The topological polar surface area (TPSA) is 122 Å². The first kappa shape index (κ1) is 24.6. The zero-order valence-corrected chi connectivity index (χ0v) is 19.9. The Morgan fingerprint density at radius 2 is 2.08 bits per heavy atom. The number of rotatable bonds is 3. The van der Waals surface area contributed by atoms with E-state index in [1.54, 1.807) is 33.8 Å². The number of nitrogens with two attached hydrogens (primary N) is 1. The van der Waals surface area contributed by atoms with E-state index in [0.717, 1.165) is 11.6 Å². The van der Waals surface area contributed by atoms with E-state index >= 15 is 0 Å². The first-order chi connectivity index (χ1) is 17.6. The molecule has 2 amide bonds. The molecule has 0 aliphatic carbocycles. The van der Waals surface area contributed by atoms with Gasteiger partial charge in [0.25, 0.3) is 0 Å². The van der Waals surface area contributed by atoms with E-state index in [-0.39, 0.29) is 24.2 Å². The number of carbonyl (C=O) groups excluding carboxylic acids is 1. The number of fused-ring (bicyclic) bond motifs is 2. The number of pyridine rings is 1. The lowest BCUT2D eigenvalue weighted by molar-refractivity contribution is -0.137. The highest BCUT2D eigenvalue weighted by atomic mass is 19.4. The number of nitrogens with zero attached hydrogens (tertiary/aromatic N) is 5. The Balaban J connectivity index is 1.37. The van der Waals surface area contributed by atoms with Crippen LogP contribution < -0.4 is 11.1 Å². The summed E-state index contributed by atoms with van der Waals surface area (Å²) in [7, 11) is 0. The van der Waals surface area contributed by atoms with Crippen molar-refractivity contribution in [1.29, 1.82) is 5.26 Å². The number of ether oxygens (including phenoxy) is 1. The van der Waals surface area contributed by atoms with E-state index in [9.17, 15) is 23.2 Å². The molecule has 2 aromatic heterocycles. The first-order valence-electron chi connectivity index (χ1n) is 11.7. The van der Waals surface area contributed by atoms with E-state index in [0.29, 0.717) is 43.1 Å². The van der Waals surface area contributed by atoms with Crippen LogP contribution in [0.25, 0.3) is 11.3 Å². The first-order valence-corrected chi connectivity index (χ1v) is 11.7. The Bertz CT molecular complexity index is 1400. The summed E-state index contributed by atoms with van der Waals surface area (Å²) in [6.45, 7) is 3.27. The molecule has 4 heterocycles. The summed E-state index contributed by atoms with van der Waals surface area (Å²) in [5.74, 6) is -0.593. The normalized spacial score (nSPS) is 19.9. The van der Waals surface area contributed by atoms with Crippen LogP contribution in [0.3, 0.4) is 0 Å². The van der Waals surface area contributed by atoms with Crippen molar-refractivity contribution in [2.24, 2.45) is 0 Å². The number of likely N-dealkylation sites (tertiary alicyclic amines) is 1. The van der Waals surface area contributed by atoms with Crippen LogP contribution in [0.4, 0.5) is 23.8 Å². The zero-order valence-electron chi connectivity index (χ0n) is 19.9. The van der Waals surface area contributed by atoms with Gasteiger partial charge in [0.05, 0.1) is 54.3 Å². The number of amides is 2. The number of alkyl halides is 3. The van der Waals surface area contributed by atoms with Gasteiger partial charge in [-0.2, -0.15) is 23.5 Å². The molecule has 1 spiro atoms. The lowest BCUT2D eigenvalue weighted by Crippen LogP contribution is -2.44. The number of nitrogen functional groups attached to an aromatic ring is 1. The molecule has 1 aromatic carbocycles. The van der Waals surface area contributed by atoms with E-state index < -0.39 is 23.2 Å². The van der Waals surface area contributed by atoms with Gasteiger partial charge in [-0.15, -0.1) is 0 Å². The van der Waals surface area contributed by atoms with E-state index in [1.807, 2.05) is 13.0 Å². The Kier molecular flexibility index (Phi) is 6.03. The monoisotopic (exact) mass is 511 g/mol. The third kappa shape index (κ3) is 4.46. The lowest BCUT2D eigenvalue weighted by atomic mass is 9.96. The molecule has 2 aliphatic heterocycles. The lowest BCUT2D eigenvalue weighted by Gasteiger charge is -2.34. The average Bonchev–Trinajstić information content (AvgIpc) is 3.50. The molecule has 3 N–H and O–H groups in total. The summed E-state index contributed by atoms with van der Waals surface area (Å²) in [4.78, 5) is 18.4. The Morgan fingerprint density at radius 1 is 1.30 bits per heavy atom. The molecule has 0 saturated carbocycles. The standard InChI is InChI=1S/C25H24F3N7O2/c1-15(18-5-3-2-4-16(18)12-29)32-23(36)34-7-6-24(14-34)21-11-20(33-35(21)8-9-37-24)17-10-19(25(26,27)28)22(30)31-13-17/h2-5,10-11,13,15H,6-9,14H2,1H3,(H2,30,31)(H,32,36)/t15-,24?/m1/s1. The minimum Gasteiger partial charge on any atom is -0.383 e. The second-order valence-corrected chi connectivity index (χ2v) is 9.18. The summed E-state index contributed by atoms with van der Waals surface area (Å²) in [6.07, 6.45) is -2.87. The number of hydrogen-bond donors (Lipinski definition) is 2. The number of halogens is 3. The van der Waals surface area contributed by atoms with Gasteiger partial charge in [-0.25, -0.2) is 9.78 Å². The molecule has 37 heavy (non-hydrogen) atoms. The van der Waals surface area contributed by atoms with Crippen molar-refractivity contribution in [3.05, 3.63) is 65.0 Å². The van der Waals surface area contributed by atoms with Crippen LogP contribution in [-0.2, 0) is 23.1 Å². The predicted octanol–water partition coefficient (Wildman–Crippen LogP) is 3.82. The van der Waals surface area contributed by atoms with Crippen molar-refractivity contribution in [2.75, 3.05) is 25.4 Å². The zero-order chi connectivity index (χ0) is 26.4. The van der Waals surface area contributed by atoms with Crippen LogP contribution in [-0.4, -0.2) is 45.4 Å². The summed E-state index contributed by atoms with van der Waals surface area (Å²) in [6, 6.07) is 11.2. The van der Waals surface area contributed by atoms with E-state index in [1.165, 1.54) is 6.20 Å². The van der Waals surface area contributed by atoms with Gasteiger partial charge in [0.1, 0.15) is 11.4 Å². The van der Waals surface area contributed by atoms with Gasteiger partial charge in [0.2, 0.25) is 0 Å². The number of benzene rings is 1. The Labute approximate surface area is 210 Å². The third-order valence-corrected chi connectivity index (χ3v) is 6.85. The van der Waals surface area contributed by atoms with E-state index in [4.69, 9.17) is 10.5 Å². The molecule has 3 aromatic rings. The van der Waals surface area contributed by atoms with Crippen molar-refractivity contribution in [3.8, 4) is 17.3 Å². The van der Waals surface area contributed by atoms with Crippen molar-refractivity contribution in [3.63, 3.8) is 0 Å². The van der Waals surface area contributed by atoms with Gasteiger partial charge in [-0.05, 0) is 30.7 Å². The maximum absolute atomic E-state index is 13.3. The van der Waals surface area contributed by atoms with Gasteiger partial charge in [-0.3, -0.25) is 4.68 Å². The Morgan fingerprint density at radius 3 is 2.84 bits per heavy atom. The molecule has 9 nitrogen and oxygen atoms in total. The minimum atomic E-state index is -4.64. The second-order valence-electron chi connectivity index (χ2n) is 9.18. The van der Waals surface area contributed by atoms with Gasteiger partial charge >= 0.3 is 12.2 Å². The van der Waals surface area contributed by atoms with Crippen molar-refractivity contribution in [1.82, 2.24) is 25.0 Å². The number of nitrogens with one attached hydrogen (secondary N) is 1. The molecule has 5 rings (SSSR count). The van der Waals surface area contributed by atoms with Crippen LogP contribution in [0.1, 0.15) is 41.8 Å². The average molecular weight is 512 g/mol. The van der Waals surface area contributed by atoms with Crippen LogP contribution in [0.5, 0.6) is 0 Å². The number of urea groups is 1. The summed E-state index contributed by atoms with van der Waals surface area (Å²) in [5, 5.41) is 16.8. The maximum Gasteiger partial charge on any atom is 0.419 e. The predicted molar refractivity (Wildman–Crippen MR) is 127 cm³/mol. The van der Waals surface area contributed by atoms with E-state index in [2.05, 4.69) is 21.5 Å². The fraction of sp³-hybridized carbons (Fsp3) is 0.360. The molecule has 12 heteroatoms. The molecule has 2 aliphatic rings. The van der Waals surface area contributed by atoms with Crippen molar-refractivity contribution in [2.45, 2.75) is 37.7 Å². The van der Waals surface area contributed by atoms with Gasteiger partial charge < -0.3 is 20.7 Å². The van der Waals surface area contributed by atoms with Crippen molar-refractivity contribution < 1.29 is 22.7 Å². The SMILES string of the molecule is C[C@@H](NC(=O)N1CCC2(C1)OCCn1nc(-c3cnc(N)c(C(F)(F)F)c3)cc12)c1ccccc1C#N. The van der Waals surface area contributed by atoms with Gasteiger partial charge in [0.15, 0.2) is 0 Å². The highest BCUT2D eigenvalue weighted by Crippen LogP contribution is 2.41. The third-order valence-electron chi connectivity index (χ3n) is 6.85. The molecule has 2 atom stereocenters. The van der Waals surface area contributed by atoms with Crippen LogP contribution >= 0.6 is 0 Å². The number of hydrogen-bond acceptors (Lipinski definition) is 6. The van der Waals surface area contributed by atoms with Crippen molar-refractivity contribution >= 4 is 11.8 Å². The summed E-state index contributed by atoms with van der Waals surface area (Å²) < 4.78 is 47.9. The highest BCUT2D eigenvalue weighted by Gasteiger charge is 2.47. The largest absolute Gasteiger partial charge is 0.419 e. The quantitative estimate of drug-likeness (QED) is 0.551. The number of carbonyl (C=O) groups is 1. The Hall–Kier alpha value is -4.11. The van der Waals surface area contributed by atoms with Gasteiger partial charge in [0, 0.05) is 24.7 Å². The maximum atomic E-state index is 13.3. The van der Waals surface area contributed by atoms with Gasteiger partial charge in [-0.1, -0.05) is 18.2 Å². The highest BCUT2D eigenvalue weighted by molar-refractivity contribution is 5.75. The minimum absolute atomic E-state index is 0.191. The molecule has 0 bridgehead atoms. The summed E-state index contributed by atoms with van der Waals surface area (Å²) in [5.41, 5.74) is 6.01. The number of aromatic nitrogens is 3. The second kappa shape index (κ2) is 9.08. The molecular formula is C25H24F3N7O2.